The molecular weight excluding hydrogens is 321 g/mol. The number of carbonyl (C=O) groups is 2. The van der Waals surface area contributed by atoms with Gasteiger partial charge < -0.3 is 16.4 Å². The van der Waals surface area contributed by atoms with Gasteiger partial charge in [-0.25, -0.2) is 4.79 Å². The molecule has 0 unspecified atom stereocenters. The summed E-state index contributed by atoms with van der Waals surface area (Å²) in [5.41, 5.74) is 4.18. The van der Waals surface area contributed by atoms with E-state index in [9.17, 15) is 29.0 Å². The van der Waals surface area contributed by atoms with Crippen LogP contribution >= 0.6 is 10.2 Å². The van der Waals surface area contributed by atoms with E-state index in [1.165, 1.54) is 0 Å². The number of nitrogens with two attached hydrogens (primary N) is 1. The first-order valence-corrected chi connectivity index (χ1v) is 7.40. The molecule has 0 spiro atoms. The Bertz CT molecular complexity index is 575. The van der Waals surface area contributed by atoms with Gasteiger partial charge in [0.05, 0.1) is 0 Å². The van der Waals surface area contributed by atoms with Crippen LogP contribution < -0.4 is 16.4 Å². The first-order chi connectivity index (χ1) is 9.29. The highest BCUT2D eigenvalue weighted by molar-refractivity contribution is 8.45. The third-order valence-electron chi connectivity index (χ3n) is 2.25. The van der Waals surface area contributed by atoms with E-state index in [0.717, 1.165) is 6.07 Å². The normalized spacial score (nSPS) is 14.7. The molecule has 0 saturated carbocycles. The van der Waals surface area contributed by atoms with E-state index in [1.807, 2.05) is 0 Å². The first-order valence-electron chi connectivity index (χ1n) is 5.45. The van der Waals surface area contributed by atoms with Crippen LogP contribution in [-0.4, -0.2) is 25.0 Å². The van der Waals surface area contributed by atoms with Crippen LogP contribution in [0, 0.1) is 0 Å². The predicted octanol–water partition coefficient (Wildman–Crippen LogP) is 2.74. The zero-order valence-electron chi connectivity index (χ0n) is 10.4. The second-order valence-electron chi connectivity index (χ2n) is 4.04. The van der Waals surface area contributed by atoms with Crippen LogP contribution in [0.4, 0.5) is 24.2 Å². The third-order valence-corrected chi connectivity index (χ3v) is 3.40. The Balaban J connectivity index is 2.82. The van der Waals surface area contributed by atoms with Crippen LogP contribution in [0.1, 0.15) is 10.4 Å². The minimum atomic E-state index is -9.82. The Morgan fingerprint density at radius 2 is 1.62 bits per heavy atom. The summed E-state index contributed by atoms with van der Waals surface area (Å²) in [5, 5.41) is 4.28. The van der Waals surface area contributed by atoms with Crippen molar-refractivity contribution >= 4 is 22.2 Å². The Morgan fingerprint density at radius 3 is 2.14 bits per heavy atom. The lowest BCUT2D eigenvalue weighted by Crippen LogP contribution is -2.37. The van der Waals surface area contributed by atoms with Crippen molar-refractivity contribution in [1.29, 1.82) is 0 Å². The summed E-state index contributed by atoms with van der Waals surface area (Å²) < 4.78 is 63.0. The van der Waals surface area contributed by atoms with Gasteiger partial charge in [0.1, 0.15) is 4.90 Å². The number of hydrogen-bond acceptors (Lipinski definition) is 2. The molecule has 0 bridgehead atoms. The Kier molecular flexibility index (Phi) is 3.85. The molecule has 11 heteroatoms. The van der Waals surface area contributed by atoms with E-state index < -0.39 is 32.6 Å². The van der Waals surface area contributed by atoms with E-state index in [2.05, 4.69) is 10.6 Å². The number of hydrogen-bond donors (Lipinski definition) is 3. The van der Waals surface area contributed by atoms with Gasteiger partial charge in [-0.15, -0.1) is 0 Å². The lowest BCUT2D eigenvalue weighted by Gasteiger charge is -2.40. The number of nitrogens with one attached hydrogen (secondary N) is 2. The molecule has 0 fully saturated rings. The van der Waals surface area contributed by atoms with Gasteiger partial charge in [-0.3, -0.25) is 4.79 Å². The third kappa shape index (κ3) is 5.45. The molecule has 1 rings (SSSR count). The van der Waals surface area contributed by atoms with E-state index in [4.69, 9.17) is 5.73 Å². The number of halogens is 5. The van der Waals surface area contributed by atoms with Crippen molar-refractivity contribution in [3.05, 3.63) is 29.8 Å². The molecule has 1 aromatic carbocycles. The second-order valence-corrected chi connectivity index (χ2v) is 6.45. The fraction of sp³-hybridized carbons (Fsp3) is 0.200. The SMILES string of the molecule is NC(=O)NCCNC(=O)c1cccc(S(F)(F)(F)(F)F)c1. The van der Waals surface area contributed by atoms with Gasteiger partial charge in [0.2, 0.25) is 0 Å². The lowest BCUT2D eigenvalue weighted by atomic mass is 10.2. The molecule has 4 N–H and O–H groups in total. The van der Waals surface area contributed by atoms with Gasteiger partial charge in [0.25, 0.3) is 5.91 Å². The summed E-state index contributed by atoms with van der Waals surface area (Å²) in [5.74, 6) is -0.982. The van der Waals surface area contributed by atoms with Gasteiger partial charge in [-0.1, -0.05) is 25.5 Å². The molecule has 21 heavy (non-hydrogen) atoms. The number of urea groups is 1. The van der Waals surface area contributed by atoms with Crippen LogP contribution in [0.2, 0.25) is 0 Å². The maximum Gasteiger partial charge on any atom is 0.312 e. The quantitative estimate of drug-likeness (QED) is 0.572. The average Bonchev–Trinajstić information content (AvgIpc) is 2.31. The molecule has 5 nitrogen and oxygen atoms in total. The second kappa shape index (κ2) is 4.76. The molecular formula is C10H12F5N3O2S. The molecule has 3 amide bonds. The van der Waals surface area contributed by atoms with Crippen LogP contribution in [0.3, 0.4) is 0 Å². The van der Waals surface area contributed by atoms with E-state index in [0.29, 0.717) is 6.07 Å². The van der Waals surface area contributed by atoms with Crippen LogP contribution in [0.25, 0.3) is 0 Å². The van der Waals surface area contributed by atoms with Crippen molar-refractivity contribution in [1.82, 2.24) is 10.6 Å². The van der Waals surface area contributed by atoms with E-state index in [-0.39, 0.29) is 25.2 Å². The predicted molar refractivity (Wildman–Crippen MR) is 67.8 cm³/mol. The molecule has 120 valence electrons. The van der Waals surface area contributed by atoms with E-state index >= 15 is 0 Å². The lowest BCUT2D eigenvalue weighted by molar-refractivity contribution is 0.0953. The zero-order chi connectivity index (χ0) is 16.4. The highest BCUT2D eigenvalue weighted by Crippen LogP contribution is 3.02. The molecule has 0 atom stereocenters. The van der Waals surface area contributed by atoms with Gasteiger partial charge in [-0.05, 0) is 18.2 Å². The van der Waals surface area contributed by atoms with Crippen molar-refractivity contribution in [3.63, 3.8) is 0 Å². The van der Waals surface area contributed by atoms with Crippen molar-refractivity contribution in [2.45, 2.75) is 4.90 Å². The molecule has 1 aromatic rings. The number of primary amides is 1. The Morgan fingerprint density at radius 1 is 1.05 bits per heavy atom. The van der Waals surface area contributed by atoms with Gasteiger partial charge in [-0.2, -0.15) is 0 Å². The zero-order valence-corrected chi connectivity index (χ0v) is 11.2. The number of rotatable bonds is 5. The number of carbonyl (C=O) groups excluding carboxylic acids is 2. The monoisotopic (exact) mass is 333 g/mol. The van der Waals surface area contributed by atoms with Crippen LogP contribution in [0.5, 0.6) is 0 Å². The largest absolute Gasteiger partial charge is 0.352 e. The minimum Gasteiger partial charge on any atom is -0.352 e. The van der Waals surface area contributed by atoms with Gasteiger partial charge >= 0.3 is 16.3 Å². The van der Waals surface area contributed by atoms with Gasteiger partial charge in [0, 0.05) is 18.7 Å². The fourth-order valence-electron chi connectivity index (χ4n) is 1.34. The summed E-state index contributed by atoms with van der Waals surface area (Å²) >= 11 is 0. The van der Waals surface area contributed by atoms with Crippen LogP contribution in [-0.2, 0) is 0 Å². The Labute approximate surface area is 116 Å². The number of benzene rings is 1. The van der Waals surface area contributed by atoms with Crippen molar-refractivity contribution < 1.29 is 29.0 Å². The minimum absolute atomic E-state index is 0.0533. The molecule has 0 aliphatic rings. The van der Waals surface area contributed by atoms with Crippen molar-refractivity contribution in [2.24, 2.45) is 5.73 Å². The van der Waals surface area contributed by atoms with Crippen molar-refractivity contribution in [2.75, 3.05) is 13.1 Å². The van der Waals surface area contributed by atoms with Crippen molar-refractivity contribution in [3.8, 4) is 0 Å². The topological polar surface area (TPSA) is 84.2 Å². The highest BCUT2D eigenvalue weighted by Gasteiger charge is 2.65. The molecule has 0 saturated heterocycles. The van der Waals surface area contributed by atoms with E-state index in [1.54, 1.807) is 0 Å². The Hall–Kier alpha value is -2.04. The summed E-state index contributed by atoms with van der Waals surface area (Å²) in [4.78, 5) is 19.7. The molecule has 0 aliphatic carbocycles. The highest BCUT2D eigenvalue weighted by atomic mass is 32.5. The standard InChI is InChI=1S/C10H12F5N3O2S/c11-21(12,13,14,15)8-3-1-2-7(6-8)9(19)17-4-5-18-10(16)20/h1-3,6H,4-5H2,(H,17,19)(H3,16,18,20). The fourth-order valence-corrected chi connectivity index (χ4v) is 2.03. The van der Waals surface area contributed by atoms with Crippen LogP contribution in [0.15, 0.2) is 29.2 Å². The molecule has 0 heterocycles. The first kappa shape index (κ1) is 17.0. The summed E-state index contributed by atoms with van der Waals surface area (Å²) in [6.45, 7) is -0.176. The summed E-state index contributed by atoms with van der Waals surface area (Å²) in [7, 11) is -9.82. The molecule has 0 aliphatic heterocycles. The molecule has 0 radical (unpaired) electrons. The average molecular weight is 333 g/mol. The molecule has 0 aromatic heterocycles. The summed E-state index contributed by atoms with van der Waals surface area (Å²) in [6, 6.07) is 1.12. The maximum absolute atomic E-state index is 12.6. The maximum atomic E-state index is 12.6. The van der Waals surface area contributed by atoms with Gasteiger partial charge in [0.15, 0.2) is 0 Å². The smallest absolute Gasteiger partial charge is 0.312 e. The summed E-state index contributed by atoms with van der Waals surface area (Å²) in [6.07, 6.45) is 0. The number of amides is 3.